The Kier molecular flexibility index (Phi) is 5.16. The Balaban J connectivity index is 1.49. The molecular weight excluding hydrogens is 370 g/mol. The second-order valence-electron chi connectivity index (χ2n) is 7.28. The summed E-state index contributed by atoms with van der Waals surface area (Å²) in [6, 6.07) is 10.3. The van der Waals surface area contributed by atoms with E-state index in [0.717, 1.165) is 37.0 Å². The number of fused-ring (bicyclic) bond motifs is 1. The van der Waals surface area contributed by atoms with Gasteiger partial charge in [0.25, 0.3) is 11.5 Å². The third-order valence-electron chi connectivity index (χ3n) is 5.19. The van der Waals surface area contributed by atoms with Gasteiger partial charge < -0.3 is 19.8 Å². The van der Waals surface area contributed by atoms with Gasteiger partial charge in [-0.15, -0.1) is 0 Å². The fraction of sp³-hybridized carbons (Fsp3) is 0.333. The molecule has 1 aliphatic rings. The van der Waals surface area contributed by atoms with Crippen molar-refractivity contribution in [1.82, 2.24) is 24.8 Å². The van der Waals surface area contributed by atoms with E-state index in [0.29, 0.717) is 5.82 Å². The van der Waals surface area contributed by atoms with Crippen molar-refractivity contribution < 1.29 is 9.59 Å². The van der Waals surface area contributed by atoms with Crippen LogP contribution in [0.2, 0.25) is 0 Å². The molecule has 3 heterocycles. The highest BCUT2D eigenvalue weighted by Crippen LogP contribution is 2.15. The summed E-state index contributed by atoms with van der Waals surface area (Å²) < 4.78 is 1.29. The molecule has 3 aromatic rings. The summed E-state index contributed by atoms with van der Waals surface area (Å²) >= 11 is 0. The molecule has 0 bridgehead atoms. The van der Waals surface area contributed by atoms with E-state index < -0.39 is 17.5 Å². The molecule has 1 aliphatic heterocycles. The fourth-order valence-electron chi connectivity index (χ4n) is 3.57. The number of likely N-dealkylation sites (tertiary alicyclic amines) is 1. The molecule has 2 amide bonds. The van der Waals surface area contributed by atoms with Crippen LogP contribution >= 0.6 is 0 Å². The van der Waals surface area contributed by atoms with Crippen molar-refractivity contribution in [2.24, 2.45) is 0 Å². The number of aromatic amines is 1. The molecule has 1 saturated heterocycles. The zero-order valence-corrected chi connectivity index (χ0v) is 16.2. The minimum absolute atomic E-state index is 0.00434. The summed E-state index contributed by atoms with van der Waals surface area (Å²) in [4.78, 5) is 47.2. The zero-order chi connectivity index (χ0) is 20.4. The van der Waals surface area contributed by atoms with Gasteiger partial charge in [0.1, 0.15) is 17.9 Å². The molecule has 8 nitrogen and oxygen atoms in total. The molecule has 0 radical (unpaired) electrons. The van der Waals surface area contributed by atoms with Gasteiger partial charge in [0.15, 0.2) is 0 Å². The number of carbonyl (C=O) groups is 2. The van der Waals surface area contributed by atoms with Crippen molar-refractivity contribution in [3.63, 3.8) is 0 Å². The maximum Gasteiger partial charge on any atom is 0.263 e. The maximum atomic E-state index is 12.7. The molecule has 150 valence electrons. The van der Waals surface area contributed by atoms with Crippen LogP contribution in [0.4, 0.5) is 0 Å². The largest absolute Gasteiger partial charge is 0.342 e. The van der Waals surface area contributed by atoms with Crippen molar-refractivity contribution in [3.05, 3.63) is 64.3 Å². The Morgan fingerprint density at radius 1 is 1.17 bits per heavy atom. The van der Waals surface area contributed by atoms with E-state index in [-0.39, 0.29) is 18.0 Å². The first-order chi connectivity index (χ1) is 14.0. The van der Waals surface area contributed by atoms with Gasteiger partial charge in [-0.3, -0.25) is 14.4 Å². The highest BCUT2D eigenvalue weighted by molar-refractivity contribution is 5.94. The van der Waals surface area contributed by atoms with Crippen LogP contribution in [-0.4, -0.2) is 44.3 Å². The fourth-order valence-corrected chi connectivity index (χ4v) is 3.57. The number of nitrogens with one attached hydrogen (secondary N) is 2. The molecule has 2 aromatic heterocycles. The van der Waals surface area contributed by atoms with E-state index in [1.165, 1.54) is 16.8 Å². The van der Waals surface area contributed by atoms with Crippen LogP contribution < -0.4 is 10.9 Å². The van der Waals surface area contributed by atoms with Crippen LogP contribution in [0.15, 0.2) is 47.4 Å². The second kappa shape index (κ2) is 7.90. The number of hydrogen-bond donors (Lipinski definition) is 2. The van der Waals surface area contributed by atoms with Crippen LogP contribution in [0.5, 0.6) is 0 Å². The Morgan fingerprint density at radius 3 is 2.69 bits per heavy atom. The van der Waals surface area contributed by atoms with Gasteiger partial charge in [-0.2, -0.15) is 0 Å². The number of H-pyrrole nitrogens is 1. The molecule has 1 fully saturated rings. The summed E-state index contributed by atoms with van der Waals surface area (Å²) in [6.07, 6.45) is 3.52. The molecule has 2 N–H and O–H groups in total. The molecule has 0 unspecified atom stereocenters. The van der Waals surface area contributed by atoms with Crippen molar-refractivity contribution >= 4 is 22.8 Å². The molecule has 1 atom stereocenters. The normalized spacial score (nSPS) is 14.9. The van der Waals surface area contributed by atoms with Crippen molar-refractivity contribution in [3.8, 4) is 0 Å². The van der Waals surface area contributed by atoms with Gasteiger partial charge in [-0.05, 0) is 44.0 Å². The van der Waals surface area contributed by atoms with E-state index in [2.05, 4.69) is 15.3 Å². The first-order valence-corrected chi connectivity index (χ1v) is 9.75. The van der Waals surface area contributed by atoms with Crippen LogP contribution in [0, 0.1) is 0 Å². The monoisotopic (exact) mass is 393 g/mol. The van der Waals surface area contributed by atoms with E-state index in [4.69, 9.17) is 0 Å². The maximum absolute atomic E-state index is 12.7. The predicted octanol–water partition coefficient (Wildman–Crippen LogP) is 1.84. The number of imidazole rings is 1. The Morgan fingerprint density at radius 2 is 1.93 bits per heavy atom. The van der Waals surface area contributed by atoms with Gasteiger partial charge in [-0.1, -0.05) is 12.1 Å². The second-order valence-corrected chi connectivity index (χ2v) is 7.28. The number of hydrogen-bond acceptors (Lipinski definition) is 4. The zero-order valence-electron chi connectivity index (χ0n) is 16.2. The lowest BCUT2D eigenvalue weighted by atomic mass is 10.2. The number of pyridine rings is 1. The Hall–Kier alpha value is -3.42. The lowest BCUT2D eigenvalue weighted by molar-refractivity contribution is -0.130. The molecule has 29 heavy (non-hydrogen) atoms. The topological polar surface area (TPSA) is 100 Å². The molecule has 0 spiro atoms. The van der Waals surface area contributed by atoms with Gasteiger partial charge in [0.05, 0.1) is 17.1 Å². The highest BCUT2D eigenvalue weighted by Gasteiger charge is 2.21. The van der Waals surface area contributed by atoms with E-state index in [1.807, 2.05) is 24.3 Å². The van der Waals surface area contributed by atoms with Crippen molar-refractivity contribution in [2.45, 2.75) is 32.4 Å². The number of aromatic nitrogens is 3. The summed E-state index contributed by atoms with van der Waals surface area (Å²) in [5.41, 5.74) is 1.22. The number of nitrogens with zero attached hydrogens (tertiary/aromatic N) is 3. The van der Waals surface area contributed by atoms with Gasteiger partial charge in [-0.25, -0.2) is 4.98 Å². The number of benzene rings is 1. The summed E-state index contributed by atoms with van der Waals surface area (Å²) in [7, 11) is 0. The van der Waals surface area contributed by atoms with Gasteiger partial charge in [0, 0.05) is 19.3 Å². The molecule has 0 aliphatic carbocycles. The summed E-state index contributed by atoms with van der Waals surface area (Å²) in [5.74, 6) is 0.0174. The highest BCUT2D eigenvalue weighted by atomic mass is 16.2. The number of para-hydroxylation sites is 2. The lowest BCUT2D eigenvalue weighted by Crippen LogP contribution is -2.38. The quantitative estimate of drug-likeness (QED) is 0.691. The lowest BCUT2D eigenvalue weighted by Gasteiger charge is -2.16. The first kappa shape index (κ1) is 18.9. The Bertz CT molecular complexity index is 1080. The number of carbonyl (C=O) groups excluding carboxylic acids is 2. The minimum atomic E-state index is -0.495. The summed E-state index contributed by atoms with van der Waals surface area (Å²) in [6.45, 7) is 3.19. The average molecular weight is 393 g/mol. The molecule has 8 heteroatoms. The van der Waals surface area contributed by atoms with Crippen LogP contribution in [0.1, 0.15) is 42.0 Å². The molecular formula is C21H23N5O3. The third kappa shape index (κ3) is 3.91. The predicted molar refractivity (Wildman–Crippen MR) is 108 cm³/mol. The molecule has 0 saturated carbocycles. The van der Waals surface area contributed by atoms with Gasteiger partial charge in [0.2, 0.25) is 5.91 Å². The smallest absolute Gasteiger partial charge is 0.263 e. The van der Waals surface area contributed by atoms with Crippen LogP contribution in [0.25, 0.3) is 11.0 Å². The molecule has 1 aromatic carbocycles. The number of amides is 2. The SMILES string of the molecule is C[C@H](NC(=O)c1cccn(CC(=O)N2CCCC2)c1=O)c1nc2ccccc2[nH]1. The average Bonchev–Trinajstić information content (AvgIpc) is 3.39. The van der Waals surface area contributed by atoms with E-state index in [1.54, 1.807) is 17.9 Å². The Labute approximate surface area is 167 Å². The van der Waals surface area contributed by atoms with E-state index >= 15 is 0 Å². The van der Waals surface area contributed by atoms with Crippen molar-refractivity contribution in [2.75, 3.05) is 13.1 Å². The minimum Gasteiger partial charge on any atom is -0.342 e. The van der Waals surface area contributed by atoms with Crippen LogP contribution in [-0.2, 0) is 11.3 Å². The van der Waals surface area contributed by atoms with Gasteiger partial charge >= 0.3 is 0 Å². The van der Waals surface area contributed by atoms with Crippen molar-refractivity contribution in [1.29, 1.82) is 0 Å². The molecule has 4 rings (SSSR count). The standard InChI is InChI=1S/C21H23N5O3/c1-14(19-23-16-8-2-3-9-17(16)24-19)22-20(28)15-7-6-12-26(21(15)29)13-18(27)25-10-4-5-11-25/h2-3,6-9,12,14H,4-5,10-11,13H2,1H3,(H,22,28)(H,23,24)/t14-/m0/s1. The summed E-state index contributed by atoms with van der Waals surface area (Å²) in [5, 5.41) is 2.81. The third-order valence-corrected chi connectivity index (χ3v) is 5.19. The van der Waals surface area contributed by atoms with E-state index in [9.17, 15) is 14.4 Å². The van der Waals surface area contributed by atoms with Crippen LogP contribution in [0.3, 0.4) is 0 Å². The number of rotatable bonds is 5. The first-order valence-electron chi connectivity index (χ1n) is 9.75.